The molecule has 0 spiro atoms. The second-order valence-electron chi connectivity index (χ2n) is 5.35. The van der Waals surface area contributed by atoms with Crippen LogP contribution in [0, 0.1) is 13.8 Å². The summed E-state index contributed by atoms with van der Waals surface area (Å²) in [5, 5.41) is 0. The van der Waals surface area contributed by atoms with E-state index in [0.29, 0.717) is 11.3 Å². The fourth-order valence-corrected chi connectivity index (χ4v) is 4.42. The van der Waals surface area contributed by atoms with Crippen LogP contribution in [0.3, 0.4) is 0 Å². The molecule has 2 N–H and O–H groups in total. The number of rotatable bonds is 4. The highest BCUT2D eigenvalue weighted by atomic mass is 32.2. The van der Waals surface area contributed by atoms with Gasteiger partial charge in [-0.25, -0.2) is 8.42 Å². The Kier molecular flexibility index (Phi) is 4.57. The van der Waals surface area contributed by atoms with Crippen molar-refractivity contribution in [3.05, 3.63) is 23.3 Å². The first-order chi connectivity index (χ1) is 9.81. The molecule has 0 aromatic heterocycles. The largest absolute Gasteiger partial charge is 0.398 e. The molecule has 6 nitrogen and oxygen atoms in total. The highest BCUT2D eigenvalue weighted by molar-refractivity contribution is 7.89. The lowest BCUT2D eigenvalue weighted by atomic mass is 10.1. The first-order valence-corrected chi connectivity index (χ1v) is 8.17. The Labute approximate surface area is 125 Å². The normalized spacial score (nSPS) is 23.6. The van der Waals surface area contributed by atoms with Crippen molar-refractivity contribution in [2.24, 2.45) is 0 Å². The standard InChI is InChI=1S/C14H22N2O4S/c1-9-5-11(15)10(2)14(6-9)21(17,18)16-7-12(19-3)13(8-16)20-4/h5-6,12-13H,7-8,15H2,1-4H3. The summed E-state index contributed by atoms with van der Waals surface area (Å²) in [6.07, 6.45) is -0.514. The quantitative estimate of drug-likeness (QED) is 0.836. The van der Waals surface area contributed by atoms with Crippen LogP contribution in [0.4, 0.5) is 5.69 Å². The molecule has 1 aliphatic rings. The van der Waals surface area contributed by atoms with Gasteiger partial charge in [-0.2, -0.15) is 4.31 Å². The number of nitrogen functional groups attached to an aromatic ring is 1. The van der Waals surface area contributed by atoms with Gasteiger partial charge in [0, 0.05) is 33.0 Å². The van der Waals surface area contributed by atoms with Gasteiger partial charge in [0.2, 0.25) is 10.0 Å². The van der Waals surface area contributed by atoms with E-state index in [2.05, 4.69) is 0 Å². The van der Waals surface area contributed by atoms with Crippen molar-refractivity contribution in [3.63, 3.8) is 0 Å². The smallest absolute Gasteiger partial charge is 0.243 e. The van der Waals surface area contributed by atoms with Crippen LogP contribution in [0.2, 0.25) is 0 Å². The molecule has 0 bridgehead atoms. The molecular formula is C14H22N2O4S. The minimum atomic E-state index is -3.61. The lowest BCUT2D eigenvalue weighted by Gasteiger charge is -2.19. The van der Waals surface area contributed by atoms with Crippen molar-refractivity contribution >= 4 is 15.7 Å². The first kappa shape index (κ1) is 16.2. The number of methoxy groups -OCH3 is 2. The van der Waals surface area contributed by atoms with Crippen molar-refractivity contribution in [2.45, 2.75) is 31.0 Å². The van der Waals surface area contributed by atoms with E-state index in [4.69, 9.17) is 15.2 Å². The number of ether oxygens (including phenoxy) is 2. The molecule has 118 valence electrons. The van der Waals surface area contributed by atoms with E-state index in [0.717, 1.165) is 5.56 Å². The summed E-state index contributed by atoms with van der Waals surface area (Å²) in [5.41, 5.74) is 7.78. The van der Waals surface area contributed by atoms with Gasteiger partial charge in [-0.15, -0.1) is 0 Å². The third-order valence-corrected chi connectivity index (χ3v) is 5.91. The van der Waals surface area contributed by atoms with Gasteiger partial charge in [0.1, 0.15) is 0 Å². The molecule has 2 atom stereocenters. The molecule has 2 unspecified atom stereocenters. The second kappa shape index (κ2) is 5.92. The van der Waals surface area contributed by atoms with Crippen LogP contribution in [-0.2, 0) is 19.5 Å². The molecule has 1 aromatic rings. The summed E-state index contributed by atoms with van der Waals surface area (Å²) >= 11 is 0. The Morgan fingerprint density at radius 1 is 1.14 bits per heavy atom. The molecule has 0 radical (unpaired) electrons. The Hall–Kier alpha value is -1.15. The zero-order chi connectivity index (χ0) is 15.8. The lowest BCUT2D eigenvalue weighted by Crippen LogP contribution is -2.31. The van der Waals surface area contributed by atoms with Gasteiger partial charge in [-0.3, -0.25) is 0 Å². The Morgan fingerprint density at radius 2 is 1.67 bits per heavy atom. The third-order valence-electron chi connectivity index (χ3n) is 3.95. The predicted molar refractivity (Wildman–Crippen MR) is 80.7 cm³/mol. The fourth-order valence-electron chi connectivity index (χ4n) is 2.62. The highest BCUT2D eigenvalue weighted by Crippen LogP contribution is 2.29. The maximum atomic E-state index is 12.8. The van der Waals surface area contributed by atoms with E-state index in [-0.39, 0.29) is 30.2 Å². The summed E-state index contributed by atoms with van der Waals surface area (Å²) in [7, 11) is -0.491. The minimum Gasteiger partial charge on any atom is -0.398 e. The van der Waals surface area contributed by atoms with Crippen LogP contribution in [0.25, 0.3) is 0 Å². The number of benzene rings is 1. The van der Waals surface area contributed by atoms with Crippen molar-refractivity contribution in [1.82, 2.24) is 4.31 Å². The van der Waals surface area contributed by atoms with E-state index in [1.54, 1.807) is 33.3 Å². The van der Waals surface area contributed by atoms with E-state index >= 15 is 0 Å². The van der Waals surface area contributed by atoms with Crippen molar-refractivity contribution in [3.8, 4) is 0 Å². The molecule has 2 rings (SSSR count). The van der Waals surface area contributed by atoms with Gasteiger partial charge < -0.3 is 15.2 Å². The lowest BCUT2D eigenvalue weighted by molar-refractivity contribution is -0.00461. The summed E-state index contributed by atoms with van der Waals surface area (Å²) in [5.74, 6) is 0. The molecule has 7 heteroatoms. The molecule has 1 aromatic carbocycles. The topological polar surface area (TPSA) is 81.9 Å². The number of anilines is 1. The number of nitrogens with zero attached hydrogens (tertiary/aromatic N) is 1. The molecule has 21 heavy (non-hydrogen) atoms. The molecular weight excluding hydrogens is 292 g/mol. The molecule has 1 heterocycles. The fraction of sp³-hybridized carbons (Fsp3) is 0.571. The average Bonchev–Trinajstić information content (AvgIpc) is 2.86. The molecule has 0 aliphatic carbocycles. The van der Waals surface area contributed by atoms with E-state index in [9.17, 15) is 8.42 Å². The summed E-state index contributed by atoms with van der Waals surface area (Å²) in [4.78, 5) is 0.256. The summed E-state index contributed by atoms with van der Waals surface area (Å²) in [6.45, 7) is 4.11. The van der Waals surface area contributed by atoms with Crippen LogP contribution < -0.4 is 5.73 Å². The van der Waals surface area contributed by atoms with Gasteiger partial charge in [0.15, 0.2) is 0 Å². The van der Waals surface area contributed by atoms with Gasteiger partial charge in [0.25, 0.3) is 0 Å². The van der Waals surface area contributed by atoms with Crippen LogP contribution in [0.1, 0.15) is 11.1 Å². The highest BCUT2D eigenvalue weighted by Gasteiger charge is 2.40. The van der Waals surface area contributed by atoms with Crippen LogP contribution in [0.15, 0.2) is 17.0 Å². The number of aryl methyl sites for hydroxylation is 1. The Balaban J connectivity index is 2.40. The van der Waals surface area contributed by atoms with Crippen LogP contribution >= 0.6 is 0 Å². The van der Waals surface area contributed by atoms with E-state index < -0.39 is 10.0 Å². The Morgan fingerprint density at radius 3 is 2.14 bits per heavy atom. The van der Waals surface area contributed by atoms with Gasteiger partial charge in [-0.05, 0) is 37.1 Å². The number of hydrogen-bond acceptors (Lipinski definition) is 5. The molecule has 0 saturated carbocycles. The molecule has 1 saturated heterocycles. The van der Waals surface area contributed by atoms with Gasteiger partial charge in [-0.1, -0.05) is 0 Å². The number of hydrogen-bond donors (Lipinski definition) is 1. The van der Waals surface area contributed by atoms with E-state index in [1.807, 2.05) is 6.92 Å². The molecule has 1 fully saturated rings. The average molecular weight is 314 g/mol. The van der Waals surface area contributed by atoms with Crippen molar-refractivity contribution < 1.29 is 17.9 Å². The van der Waals surface area contributed by atoms with Crippen molar-refractivity contribution in [1.29, 1.82) is 0 Å². The molecule has 0 amide bonds. The van der Waals surface area contributed by atoms with E-state index in [1.165, 1.54) is 4.31 Å². The zero-order valence-electron chi connectivity index (χ0n) is 12.8. The Bertz CT molecular complexity index is 618. The third kappa shape index (κ3) is 2.91. The monoisotopic (exact) mass is 314 g/mol. The van der Waals surface area contributed by atoms with Crippen molar-refractivity contribution in [2.75, 3.05) is 33.0 Å². The summed E-state index contributed by atoms with van der Waals surface area (Å²) < 4.78 is 37.7. The first-order valence-electron chi connectivity index (χ1n) is 6.73. The maximum Gasteiger partial charge on any atom is 0.243 e. The number of sulfonamides is 1. The van der Waals surface area contributed by atoms with Crippen LogP contribution in [0.5, 0.6) is 0 Å². The summed E-state index contributed by atoms with van der Waals surface area (Å²) in [6, 6.07) is 3.43. The van der Waals surface area contributed by atoms with Gasteiger partial charge in [0.05, 0.1) is 17.1 Å². The number of nitrogens with two attached hydrogens (primary N) is 1. The predicted octanol–water partition coefficient (Wildman–Crippen LogP) is 0.920. The molecule has 1 aliphatic heterocycles. The maximum absolute atomic E-state index is 12.8. The zero-order valence-corrected chi connectivity index (χ0v) is 13.6. The van der Waals surface area contributed by atoms with Gasteiger partial charge >= 0.3 is 0 Å². The second-order valence-corrected chi connectivity index (χ2v) is 7.25. The SMILES string of the molecule is COC1CN(S(=O)(=O)c2cc(C)cc(N)c2C)CC1OC. The van der Waals surface area contributed by atoms with Crippen LogP contribution in [-0.4, -0.2) is 52.2 Å². The minimum absolute atomic E-state index is 0.256.